The smallest absolute Gasteiger partial charge is 0.270 e. The third kappa shape index (κ3) is 3.94. The van der Waals surface area contributed by atoms with Crippen LogP contribution in [-0.4, -0.2) is 16.9 Å². The molecule has 0 aromatic heterocycles. The Bertz CT molecular complexity index is 572. The average molecular weight is 311 g/mol. The van der Waals surface area contributed by atoms with Crippen LogP contribution >= 0.6 is 11.6 Å². The molecule has 0 bridgehead atoms. The fourth-order valence-corrected chi connectivity index (χ4v) is 3.09. The zero-order valence-corrected chi connectivity index (χ0v) is 12.9. The molecule has 0 radical (unpaired) electrons. The Balaban J connectivity index is 2.13. The van der Waals surface area contributed by atoms with Crippen molar-refractivity contribution in [1.82, 2.24) is 5.32 Å². The van der Waals surface area contributed by atoms with Gasteiger partial charge in [-0.3, -0.25) is 14.9 Å². The third-order valence-corrected chi connectivity index (χ3v) is 4.28. The molecular weight excluding hydrogens is 292 g/mol. The van der Waals surface area contributed by atoms with Gasteiger partial charge in [0.2, 0.25) is 0 Å². The number of amides is 1. The molecule has 5 nitrogen and oxygen atoms in total. The quantitative estimate of drug-likeness (QED) is 0.678. The Kier molecular flexibility index (Phi) is 4.52. The first-order valence-electron chi connectivity index (χ1n) is 7.03. The number of nitrogens with one attached hydrogen (secondary N) is 1. The number of hydrogen-bond donors (Lipinski definition) is 1. The zero-order valence-electron chi connectivity index (χ0n) is 12.2. The van der Waals surface area contributed by atoms with Crippen LogP contribution < -0.4 is 5.32 Å². The molecule has 1 aliphatic rings. The highest BCUT2D eigenvalue weighted by atomic mass is 35.5. The lowest BCUT2D eigenvalue weighted by molar-refractivity contribution is -0.384. The number of halogens is 1. The van der Waals surface area contributed by atoms with Gasteiger partial charge in [0.25, 0.3) is 11.6 Å². The molecule has 0 heterocycles. The molecule has 1 aromatic rings. The number of hydrogen-bond acceptors (Lipinski definition) is 3. The zero-order chi connectivity index (χ0) is 15.6. The van der Waals surface area contributed by atoms with E-state index in [1.807, 2.05) is 0 Å². The summed E-state index contributed by atoms with van der Waals surface area (Å²) in [5.74, 6) is -0.341. The fourth-order valence-electron chi connectivity index (χ4n) is 2.89. The first kappa shape index (κ1) is 15.8. The SMILES string of the molecule is CC1(C)CCCC(NC(=O)c2cc([N+](=O)[O-])ccc2Cl)C1. The molecule has 1 unspecified atom stereocenters. The maximum Gasteiger partial charge on any atom is 0.270 e. The van der Waals surface area contributed by atoms with E-state index >= 15 is 0 Å². The third-order valence-electron chi connectivity index (χ3n) is 3.95. The van der Waals surface area contributed by atoms with E-state index < -0.39 is 4.92 Å². The molecule has 1 N–H and O–H groups in total. The molecule has 0 aliphatic heterocycles. The normalized spacial score (nSPS) is 20.8. The second-order valence-electron chi connectivity index (χ2n) is 6.35. The van der Waals surface area contributed by atoms with Gasteiger partial charge in [-0.2, -0.15) is 0 Å². The van der Waals surface area contributed by atoms with Gasteiger partial charge in [-0.15, -0.1) is 0 Å². The Morgan fingerprint density at radius 2 is 2.19 bits per heavy atom. The van der Waals surface area contributed by atoms with Crippen LogP contribution in [0.2, 0.25) is 5.02 Å². The van der Waals surface area contributed by atoms with Crippen molar-refractivity contribution in [3.63, 3.8) is 0 Å². The minimum absolute atomic E-state index is 0.0941. The van der Waals surface area contributed by atoms with Gasteiger partial charge in [0.05, 0.1) is 15.5 Å². The van der Waals surface area contributed by atoms with Crippen molar-refractivity contribution < 1.29 is 9.72 Å². The van der Waals surface area contributed by atoms with E-state index in [9.17, 15) is 14.9 Å². The lowest BCUT2D eigenvalue weighted by atomic mass is 9.75. The van der Waals surface area contributed by atoms with E-state index in [4.69, 9.17) is 11.6 Å². The van der Waals surface area contributed by atoms with E-state index in [2.05, 4.69) is 19.2 Å². The Labute approximate surface area is 128 Å². The molecule has 1 saturated carbocycles. The highest BCUT2D eigenvalue weighted by Gasteiger charge is 2.29. The predicted octanol–water partition coefficient (Wildman–Crippen LogP) is 3.95. The summed E-state index contributed by atoms with van der Waals surface area (Å²) >= 11 is 5.99. The summed E-state index contributed by atoms with van der Waals surface area (Å²) in [6.45, 7) is 4.37. The standard InChI is InChI=1S/C15H19ClN2O3/c1-15(2)7-3-4-10(9-15)17-14(19)12-8-11(18(20)21)5-6-13(12)16/h5-6,8,10H,3-4,7,9H2,1-2H3,(H,17,19). The second kappa shape index (κ2) is 6.02. The van der Waals surface area contributed by atoms with Crippen molar-refractivity contribution in [2.24, 2.45) is 5.41 Å². The molecular formula is C15H19ClN2O3. The van der Waals surface area contributed by atoms with E-state index in [1.165, 1.54) is 18.2 Å². The van der Waals surface area contributed by atoms with Crippen LogP contribution in [0.3, 0.4) is 0 Å². The summed E-state index contributed by atoms with van der Waals surface area (Å²) in [4.78, 5) is 22.6. The maximum atomic E-state index is 12.3. The van der Waals surface area contributed by atoms with E-state index in [-0.39, 0.29) is 33.6 Å². The minimum Gasteiger partial charge on any atom is -0.349 e. The number of benzene rings is 1. The molecule has 2 rings (SSSR count). The van der Waals surface area contributed by atoms with Gasteiger partial charge in [0.15, 0.2) is 0 Å². The molecule has 0 spiro atoms. The van der Waals surface area contributed by atoms with Gasteiger partial charge in [0.1, 0.15) is 0 Å². The summed E-state index contributed by atoms with van der Waals surface area (Å²) in [6, 6.07) is 4.00. The van der Waals surface area contributed by atoms with Crippen LogP contribution in [0, 0.1) is 15.5 Å². The molecule has 1 atom stereocenters. The van der Waals surface area contributed by atoms with Crippen molar-refractivity contribution in [2.75, 3.05) is 0 Å². The number of carbonyl (C=O) groups is 1. The predicted molar refractivity (Wildman–Crippen MR) is 81.6 cm³/mol. The van der Waals surface area contributed by atoms with Gasteiger partial charge in [-0.05, 0) is 30.7 Å². The van der Waals surface area contributed by atoms with E-state index in [0.717, 1.165) is 25.7 Å². The molecule has 6 heteroatoms. The average Bonchev–Trinajstić information content (AvgIpc) is 2.37. The van der Waals surface area contributed by atoms with Crippen LogP contribution in [0.5, 0.6) is 0 Å². The molecule has 21 heavy (non-hydrogen) atoms. The van der Waals surface area contributed by atoms with Crippen LogP contribution in [-0.2, 0) is 0 Å². The summed E-state index contributed by atoms with van der Waals surface area (Å²) in [6.07, 6.45) is 4.06. The lowest BCUT2D eigenvalue weighted by Gasteiger charge is -2.35. The first-order chi connectivity index (χ1) is 9.78. The molecule has 1 aromatic carbocycles. The molecule has 1 aliphatic carbocycles. The number of nitro benzene ring substituents is 1. The highest BCUT2D eigenvalue weighted by molar-refractivity contribution is 6.33. The number of nitro groups is 1. The van der Waals surface area contributed by atoms with Gasteiger partial charge in [-0.25, -0.2) is 0 Å². The summed E-state index contributed by atoms with van der Waals surface area (Å²) < 4.78 is 0. The van der Waals surface area contributed by atoms with Crippen LogP contribution in [0.25, 0.3) is 0 Å². The van der Waals surface area contributed by atoms with Crippen molar-refractivity contribution in [1.29, 1.82) is 0 Å². The Morgan fingerprint density at radius 1 is 1.48 bits per heavy atom. The van der Waals surface area contributed by atoms with Gasteiger partial charge in [-0.1, -0.05) is 31.9 Å². The van der Waals surface area contributed by atoms with E-state index in [0.29, 0.717) is 0 Å². The lowest BCUT2D eigenvalue weighted by Crippen LogP contribution is -2.40. The van der Waals surface area contributed by atoms with Crippen molar-refractivity contribution in [2.45, 2.75) is 45.6 Å². The summed E-state index contributed by atoms with van der Waals surface area (Å²) in [5.41, 5.74) is 0.241. The Hall–Kier alpha value is -1.62. The van der Waals surface area contributed by atoms with Crippen LogP contribution in [0.4, 0.5) is 5.69 Å². The van der Waals surface area contributed by atoms with E-state index in [1.54, 1.807) is 0 Å². The first-order valence-corrected chi connectivity index (χ1v) is 7.41. The molecule has 114 valence electrons. The van der Waals surface area contributed by atoms with Crippen LogP contribution in [0.15, 0.2) is 18.2 Å². The topological polar surface area (TPSA) is 72.2 Å². The second-order valence-corrected chi connectivity index (χ2v) is 6.76. The number of nitrogens with zero attached hydrogens (tertiary/aromatic N) is 1. The summed E-state index contributed by atoms with van der Waals surface area (Å²) in [7, 11) is 0. The molecule has 1 amide bonds. The van der Waals surface area contributed by atoms with Gasteiger partial charge in [0, 0.05) is 18.2 Å². The highest BCUT2D eigenvalue weighted by Crippen LogP contribution is 2.35. The fraction of sp³-hybridized carbons (Fsp3) is 0.533. The largest absolute Gasteiger partial charge is 0.349 e. The van der Waals surface area contributed by atoms with Gasteiger partial charge < -0.3 is 5.32 Å². The minimum atomic E-state index is -0.531. The number of carbonyl (C=O) groups excluding carboxylic acids is 1. The number of non-ortho nitro benzene ring substituents is 1. The van der Waals surface area contributed by atoms with Crippen molar-refractivity contribution in [3.05, 3.63) is 38.9 Å². The maximum absolute atomic E-state index is 12.3. The Morgan fingerprint density at radius 3 is 2.81 bits per heavy atom. The monoisotopic (exact) mass is 310 g/mol. The summed E-state index contributed by atoms with van der Waals surface area (Å²) in [5, 5.41) is 14.0. The van der Waals surface area contributed by atoms with Gasteiger partial charge >= 0.3 is 0 Å². The van der Waals surface area contributed by atoms with Crippen molar-refractivity contribution >= 4 is 23.2 Å². The molecule has 1 fully saturated rings. The van der Waals surface area contributed by atoms with Crippen LogP contribution in [0.1, 0.15) is 49.9 Å². The van der Waals surface area contributed by atoms with Crippen molar-refractivity contribution in [3.8, 4) is 0 Å². The molecule has 0 saturated heterocycles. The number of rotatable bonds is 3.